The highest BCUT2D eigenvalue weighted by Crippen LogP contribution is 2.15. The molecule has 4 nitrogen and oxygen atoms in total. The lowest BCUT2D eigenvalue weighted by molar-refractivity contribution is 0.370. The molecule has 5 heteroatoms. The zero-order chi connectivity index (χ0) is 12.0. The smallest absolute Gasteiger partial charge is 0.240 e. The standard InChI is InChI=1S/C11H13NO3S/c1-3-9-15-10-5-7-11(8-6-10)16(13,14)12-4-2/h1,5-8,12H,4,9H2,2H3. The molecule has 0 spiro atoms. The number of nitrogens with one attached hydrogen (secondary N) is 1. The van der Waals surface area contributed by atoms with E-state index in [1.165, 1.54) is 12.1 Å². The summed E-state index contributed by atoms with van der Waals surface area (Å²) in [5.74, 6) is 2.88. The van der Waals surface area contributed by atoms with Gasteiger partial charge in [-0.2, -0.15) is 0 Å². The van der Waals surface area contributed by atoms with Crippen molar-refractivity contribution in [3.63, 3.8) is 0 Å². The number of sulfonamides is 1. The molecule has 0 heterocycles. The van der Waals surface area contributed by atoms with Crippen molar-refractivity contribution >= 4 is 10.0 Å². The third-order valence-electron chi connectivity index (χ3n) is 1.79. The Balaban J connectivity index is 2.83. The molecule has 0 saturated heterocycles. The van der Waals surface area contributed by atoms with E-state index >= 15 is 0 Å². The van der Waals surface area contributed by atoms with Gasteiger partial charge in [0.15, 0.2) is 0 Å². The van der Waals surface area contributed by atoms with Gasteiger partial charge in [-0.25, -0.2) is 13.1 Å². The fourth-order valence-corrected chi connectivity index (χ4v) is 2.15. The Morgan fingerprint density at radius 3 is 2.50 bits per heavy atom. The summed E-state index contributed by atoms with van der Waals surface area (Å²) in [5, 5.41) is 0. The maximum Gasteiger partial charge on any atom is 0.240 e. The Kier molecular flexibility index (Phi) is 4.35. The van der Waals surface area contributed by atoms with E-state index in [9.17, 15) is 8.42 Å². The van der Waals surface area contributed by atoms with Gasteiger partial charge in [-0.1, -0.05) is 12.8 Å². The summed E-state index contributed by atoms with van der Waals surface area (Å²) >= 11 is 0. The molecule has 0 aliphatic carbocycles. The molecule has 1 rings (SSSR count). The maximum atomic E-state index is 11.6. The van der Waals surface area contributed by atoms with Gasteiger partial charge >= 0.3 is 0 Å². The van der Waals surface area contributed by atoms with Crippen LogP contribution in [0.15, 0.2) is 29.2 Å². The highest BCUT2D eigenvalue weighted by molar-refractivity contribution is 7.89. The first-order chi connectivity index (χ1) is 7.60. The summed E-state index contributed by atoms with van der Waals surface area (Å²) < 4.78 is 30.7. The molecule has 0 radical (unpaired) electrons. The molecule has 16 heavy (non-hydrogen) atoms. The third kappa shape index (κ3) is 3.26. The molecule has 1 aromatic carbocycles. The molecule has 0 saturated carbocycles. The second-order valence-corrected chi connectivity index (χ2v) is 4.73. The van der Waals surface area contributed by atoms with Gasteiger partial charge < -0.3 is 4.74 Å². The Hall–Kier alpha value is -1.51. The fraction of sp³-hybridized carbons (Fsp3) is 0.273. The molecule has 0 aromatic heterocycles. The molecule has 0 aliphatic rings. The highest BCUT2D eigenvalue weighted by atomic mass is 32.2. The van der Waals surface area contributed by atoms with Crippen molar-refractivity contribution < 1.29 is 13.2 Å². The van der Waals surface area contributed by atoms with Crippen LogP contribution >= 0.6 is 0 Å². The summed E-state index contributed by atoms with van der Waals surface area (Å²) in [5.41, 5.74) is 0. The summed E-state index contributed by atoms with van der Waals surface area (Å²) in [4.78, 5) is 0.211. The van der Waals surface area contributed by atoms with Crippen LogP contribution in [-0.2, 0) is 10.0 Å². The van der Waals surface area contributed by atoms with Crippen molar-refractivity contribution in [1.82, 2.24) is 4.72 Å². The van der Waals surface area contributed by atoms with Gasteiger partial charge in [0.05, 0.1) is 4.90 Å². The minimum atomic E-state index is -3.39. The predicted octanol–water partition coefficient (Wildman–Crippen LogP) is 0.997. The van der Waals surface area contributed by atoms with Crippen LogP contribution in [0, 0.1) is 12.3 Å². The van der Waals surface area contributed by atoms with Gasteiger partial charge in [0.2, 0.25) is 10.0 Å². The average molecular weight is 239 g/mol. The molecular weight excluding hydrogens is 226 g/mol. The first-order valence-corrected chi connectivity index (χ1v) is 6.24. The average Bonchev–Trinajstić information content (AvgIpc) is 2.27. The van der Waals surface area contributed by atoms with Crippen molar-refractivity contribution in [2.45, 2.75) is 11.8 Å². The highest BCUT2D eigenvalue weighted by Gasteiger charge is 2.11. The van der Waals surface area contributed by atoms with Crippen LogP contribution in [-0.4, -0.2) is 21.6 Å². The quantitative estimate of drug-likeness (QED) is 0.780. The topological polar surface area (TPSA) is 55.4 Å². The number of terminal acetylenes is 1. The van der Waals surface area contributed by atoms with E-state index in [0.717, 1.165) is 0 Å². The van der Waals surface area contributed by atoms with Gasteiger partial charge in [-0.15, -0.1) is 6.42 Å². The van der Waals surface area contributed by atoms with Crippen LogP contribution < -0.4 is 9.46 Å². The molecule has 0 atom stereocenters. The molecule has 1 aromatic rings. The number of hydrogen-bond donors (Lipinski definition) is 1. The van der Waals surface area contributed by atoms with Crippen molar-refractivity contribution in [2.24, 2.45) is 0 Å². The van der Waals surface area contributed by atoms with E-state index in [-0.39, 0.29) is 11.5 Å². The van der Waals surface area contributed by atoms with Gasteiger partial charge in [0, 0.05) is 6.54 Å². The molecular formula is C11H13NO3S. The molecule has 0 fully saturated rings. The second kappa shape index (κ2) is 5.54. The van der Waals surface area contributed by atoms with E-state index in [2.05, 4.69) is 10.6 Å². The monoisotopic (exact) mass is 239 g/mol. The third-order valence-corrected chi connectivity index (χ3v) is 3.35. The minimum Gasteiger partial charge on any atom is -0.481 e. The molecule has 86 valence electrons. The first kappa shape index (κ1) is 12.6. The minimum absolute atomic E-state index is 0.166. The van der Waals surface area contributed by atoms with E-state index in [1.807, 2.05) is 0 Å². The van der Waals surface area contributed by atoms with E-state index in [1.54, 1.807) is 19.1 Å². The summed E-state index contributed by atoms with van der Waals surface area (Å²) in [6, 6.07) is 6.09. The molecule has 0 amide bonds. The van der Waals surface area contributed by atoms with Crippen LogP contribution in [0.1, 0.15) is 6.92 Å². The van der Waals surface area contributed by atoms with Crippen molar-refractivity contribution in [3.8, 4) is 18.1 Å². The lowest BCUT2D eigenvalue weighted by Gasteiger charge is -2.06. The first-order valence-electron chi connectivity index (χ1n) is 4.76. The van der Waals surface area contributed by atoms with Crippen LogP contribution in [0.25, 0.3) is 0 Å². The van der Waals surface area contributed by atoms with Crippen LogP contribution in [0.2, 0.25) is 0 Å². The van der Waals surface area contributed by atoms with Gasteiger partial charge in [0.25, 0.3) is 0 Å². The summed E-state index contributed by atoms with van der Waals surface area (Å²) in [7, 11) is -3.39. The van der Waals surface area contributed by atoms with Crippen molar-refractivity contribution in [3.05, 3.63) is 24.3 Å². The number of ether oxygens (including phenoxy) is 1. The Morgan fingerprint density at radius 2 is 2.00 bits per heavy atom. The van der Waals surface area contributed by atoms with Gasteiger partial charge in [0.1, 0.15) is 12.4 Å². The number of hydrogen-bond acceptors (Lipinski definition) is 3. The zero-order valence-corrected chi connectivity index (χ0v) is 9.75. The van der Waals surface area contributed by atoms with Crippen LogP contribution in [0.4, 0.5) is 0 Å². The molecule has 0 aliphatic heterocycles. The second-order valence-electron chi connectivity index (χ2n) is 2.97. The van der Waals surface area contributed by atoms with Crippen LogP contribution in [0.5, 0.6) is 5.75 Å². The summed E-state index contributed by atoms with van der Waals surface area (Å²) in [6.45, 7) is 2.25. The lowest BCUT2D eigenvalue weighted by atomic mass is 10.3. The van der Waals surface area contributed by atoms with E-state index in [0.29, 0.717) is 12.3 Å². The zero-order valence-electron chi connectivity index (χ0n) is 8.93. The maximum absolute atomic E-state index is 11.6. The predicted molar refractivity (Wildman–Crippen MR) is 61.6 cm³/mol. The molecule has 1 N–H and O–H groups in total. The number of rotatable bonds is 5. The van der Waals surface area contributed by atoms with Crippen molar-refractivity contribution in [2.75, 3.05) is 13.2 Å². The Morgan fingerprint density at radius 1 is 1.38 bits per heavy atom. The fourth-order valence-electron chi connectivity index (χ4n) is 1.11. The summed E-state index contributed by atoms with van der Waals surface area (Å²) in [6.07, 6.45) is 5.03. The van der Waals surface area contributed by atoms with Crippen molar-refractivity contribution in [1.29, 1.82) is 0 Å². The Labute approximate surface area is 95.7 Å². The van der Waals surface area contributed by atoms with E-state index < -0.39 is 10.0 Å². The normalized spacial score (nSPS) is 10.8. The van der Waals surface area contributed by atoms with Crippen LogP contribution in [0.3, 0.4) is 0 Å². The van der Waals surface area contributed by atoms with Gasteiger partial charge in [-0.05, 0) is 24.3 Å². The lowest BCUT2D eigenvalue weighted by Crippen LogP contribution is -2.22. The molecule has 0 unspecified atom stereocenters. The van der Waals surface area contributed by atoms with E-state index in [4.69, 9.17) is 11.2 Å². The largest absolute Gasteiger partial charge is 0.481 e. The molecule has 0 bridgehead atoms. The Bertz CT molecular complexity index is 471. The van der Waals surface area contributed by atoms with Gasteiger partial charge in [-0.3, -0.25) is 0 Å². The SMILES string of the molecule is C#CCOc1ccc(S(=O)(=O)NCC)cc1. The number of benzene rings is 1.